The molecule has 29 heavy (non-hydrogen) atoms. The van der Waals surface area contributed by atoms with Crippen LogP contribution in [0.15, 0.2) is 60.8 Å². The van der Waals surface area contributed by atoms with Crippen molar-refractivity contribution in [2.45, 2.75) is 38.1 Å². The van der Waals surface area contributed by atoms with E-state index in [2.05, 4.69) is 15.7 Å². The minimum Gasteiger partial charge on any atom is -0.493 e. The Kier molecular flexibility index (Phi) is 5.79. The first-order chi connectivity index (χ1) is 14.2. The van der Waals surface area contributed by atoms with E-state index in [1.54, 1.807) is 10.9 Å². The van der Waals surface area contributed by atoms with Crippen molar-refractivity contribution in [1.82, 2.24) is 9.78 Å². The molecule has 1 heterocycles. The second-order valence-corrected chi connectivity index (χ2v) is 7.34. The van der Waals surface area contributed by atoms with Gasteiger partial charge in [-0.15, -0.1) is 0 Å². The van der Waals surface area contributed by atoms with Crippen LogP contribution in [0.5, 0.6) is 5.75 Å². The summed E-state index contributed by atoms with van der Waals surface area (Å²) in [5.74, 6) is 0.131. The van der Waals surface area contributed by atoms with Crippen LogP contribution in [0.2, 0.25) is 0 Å². The van der Waals surface area contributed by atoms with Gasteiger partial charge in [-0.25, -0.2) is 4.68 Å². The SMILES string of the molecule is COc1cn(-c2ccccc2)nc1C(=O)Nc1ccc(NC2CCCCC2)cc1. The molecule has 6 heteroatoms. The van der Waals surface area contributed by atoms with E-state index in [0.717, 1.165) is 17.1 Å². The van der Waals surface area contributed by atoms with Crippen LogP contribution in [0.4, 0.5) is 11.4 Å². The van der Waals surface area contributed by atoms with Crippen molar-refractivity contribution in [3.05, 3.63) is 66.5 Å². The van der Waals surface area contributed by atoms with Gasteiger partial charge in [-0.1, -0.05) is 37.5 Å². The van der Waals surface area contributed by atoms with Crippen molar-refractivity contribution in [1.29, 1.82) is 0 Å². The lowest BCUT2D eigenvalue weighted by Gasteiger charge is -2.23. The van der Waals surface area contributed by atoms with Gasteiger partial charge < -0.3 is 15.4 Å². The Balaban J connectivity index is 1.44. The number of carbonyl (C=O) groups is 1. The van der Waals surface area contributed by atoms with Gasteiger partial charge in [0.2, 0.25) is 0 Å². The quantitative estimate of drug-likeness (QED) is 0.630. The lowest BCUT2D eigenvalue weighted by atomic mass is 9.95. The predicted octanol–water partition coefficient (Wildman–Crippen LogP) is 4.88. The van der Waals surface area contributed by atoms with E-state index < -0.39 is 0 Å². The summed E-state index contributed by atoms with van der Waals surface area (Å²) in [6.07, 6.45) is 8.09. The first kappa shape index (κ1) is 19.1. The molecule has 2 N–H and O–H groups in total. The molecule has 1 aliphatic rings. The number of ether oxygens (including phenoxy) is 1. The zero-order valence-corrected chi connectivity index (χ0v) is 16.6. The van der Waals surface area contributed by atoms with Crippen molar-refractivity contribution in [3.63, 3.8) is 0 Å². The maximum absolute atomic E-state index is 12.8. The smallest absolute Gasteiger partial charge is 0.280 e. The summed E-state index contributed by atoms with van der Waals surface area (Å²) < 4.78 is 7.00. The highest BCUT2D eigenvalue weighted by Crippen LogP contribution is 2.24. The summed E-state index contributed by atoms with van der Waals surface area (Å²) in [5.41, 5.74) is 2.92. The van der Waals surface area contributed by atoms with E-state index in [1.807, 2.05) is 54.6 Å². The van der Waals surface area contributed by atoms with Gasteiger partial charge in [0, 0.05) is 17.4 Å². The van der Waals surface area contributed by atoms with Crippen LogP contribution in [0.3, 0.4) is 0 Å². The Hall–Kier alpha value is -3.28. The highest BCUT2D eigenvalue weighted by Gasteiger charge is 2.19. The first-order valence-electron chi connectivity index (χ1n) is 10.1. The highest BCUT2D eigenvalue weighted by molar-refractivity contribution is 6.04. The third-order valence-electron chi connectivity index (χ3n) is 5.26. The molecule has 1 aromatic heterocycles. The minimum atomic E-state index is -0.301. The Bertz CT molecular complexity index is 945. The molecule has 1 amide bonds. The summed E-state index contributed by atoms with van der Waals surface area (Å²) in [6.45, 7) is 0. The minimum absolute atomic E-state index is 0.251. The topological polar surface area (TPSA) is 68.2 Å². The van der Waals surface area contributed by atoms with E-state index in [1.165, 1.54) is 39.2 Å². The number of hydrogen-bond acceptors (Lipinski definition) is 4. The number of anilines is 2. The van der Waals surface area contributed by atoms with Crippen LogP contribution in [-0.2, 0) is 0 Å². The van der Waals surface area contributed by atoms with Crippen LogP contribution in [0, 0.1) is 0 Å². The van der Waals surface area contributed by atoms with Crippen molar-refractivity contribution in [2.75, 3.05) is 17.7 Å². The Morgan fingerprint density at radius 3 is 2.38 bits per heavy atom. The predicted molar refractivity (Wildman–Crippen MR) is 115 cm³/mol. The largest absolute Gasteiger partial charge is 0.493 e. The van der Waals surface area contributed by atoms with Crippen molar-refractivity contribution in [2.24, 2.45) is 0 Å². The number of benzene rings is 2. The molecule has 1 fully saturated rings. The molecule has 0 atom stereocenters. The number of nitrogens with zero attached hydrogens (tertiary/aromatic N) is 2. The summed E-state index contributed by atoms with van der Waals surface area (Å²) in [4.78, 5) is 12.8. The van der Waals surface area contributed by atoms with E-state index in [9.17, 15) is 4.79 Å². The molecule has 2 aromatic carbocycles. The molecule has 1 aliphatic carbocycles. The normalized spacial score (nSPS) is 14.4. The van der Waals surface area contributed by atoms with Crippen LogP contribution in [0.25, 0.3) is 5.69 Å². The molecule has 0 radical (unpaired) electrons. The summed E-state index contributed by atoms with van der Waals surface area (Å²) in [5, 5.41) is 10.9. The molecule has 0 saturated heterocycles. The average Bonchev–Trinajstić information content (AvgIpc) is 3.21. The van der Waals surface area contributed by atoms with Gasteiger partial charge in [-0.3, -0.25) is 4.79 Å². The van der Waals surface area contributed by atoms with E-state index in [4.69, 9.17) is 4.74 Å². The average molecular weight is 390 g/mol. The fourth-order valence-electron chi connectivity index (χ4n) is 3.70. The molecule has 3 aromatic rings. The molecule has 1 saturated carbocycles. The molecule has 6 nitrogen and oxygen atoms in total. The maximum atomic E-state index is 12.8. The van der Waals surface area contributed by atoms with Crippen LogP contribution >= 0.6 is 0 Å². The maximum Gasteiger partial charge on any atom is 0.280 e. The zero-order chi connectivity index (χ0) is 20.1. The third-order valence-corrected chi connectivity index (χ3v) is 5.26. The lowest BCUT2D eigenvalue weighted by Crippen LogP contribution is -2.22. The van der Waals surface area contributed by atoms with E-state index in [0.29, 0.717) is 11.8 Å². The zero-order valence-electron chi connectivity index (χ0n) is 16.6. The number of methoxy groups -OCH3 is 1. The fraction of sp³-hybridized carbons (Fsp3) is 0.304. The second kappa shape index (κ2) is 8.82. The highest BCUT2D eigenvalue weighted by atomic mass is 16.5. The van der Waals surface area contributed by atoms with Gasteiger partial charge in [0.1, 0.15) is 0 Å². The monoisotopic (exact) mass is 390 g/mol. The number of hydrogen-bond donors (Lipinski definition) is 2. The van der Waals surface area contributed by atoms with Crippen LogP contribution in [-0.4, -0.2) is 28.8 Å². The number of nitrogens with one attached hydrogen (secondary N) is 2. The van der Waals surface area contributed by atoms with Crippen molar-refractivity contribution < 1.29 is 9.53 Å². The molecule has 0 bridgehead atoms. The standard InChI is InChI=1S/C23H26N4O2/c1-29-21-16-27(20-10-6-3-7-11-20)26-22(21)23(28)25-19-14-12-18(13-15-19)24-17-8-4-2-5-9-17/h3,6-7,10-17,24H,2,4-5,8-9H2,1H3,(H,25,28). The number of carbonyl (C=O) groups excluding carboxylic acids is 1. The molecule has 0 unspecified atom stereocenters. The van der Waals surface area contributed by atoms with Crippen molar-refractivity contribution >= 4 is 17.3 Å². The van der Waals surface area contributed by atoms with Crippen LogP contribution in [0.1, 0.15) is 42.6 Å². The fourth-order valence-corrected chi connectivity index (χ4v) is 3.70. The first-order valence-corrected chi connectivity index (χ1v) is 10.1. The molecule has 4 rings (SSSR count). The number of rotatable bonds is 6. The Morgan fingerprint density at radius 1 is 1.00 bits per heavy atom. The molecular formula is C23H26N4O2. The second-order valence-electron chi connectivity index (χ2n) is 7.34. The summed E-state index contributed by atoms with van der Waals surface area (Å²) >= 11 is 0. The van der Waals surface area contributed by atoms with Gasteiger partial charge >= 0.3 is 0 Å². The molecular weight excluding hydrogens is 364 g/mol. The molecule has 0 aliphatic heterocycles. The van der Waals surface area contributed by atoms with E-state index >= 15 is 0 Å². The Morgan fingerprint density at radius 2 is 1.69 bits per heavy atom. The number of aromatic nitrogens is 2. The summed E-state index contributed by atoms with van der Waals surface area (Å²) in [7, 11) is 1.54. The third kappa shape index (κ3) is 4.59. The lowest BCUT2D eigenvalue weighted by molar-refractivity contribution is 0.101. The van der Waals surface area contributed by atoms with Gasteiger partial charge in [-0.05, 0) is 49.2 Å². The summed E-state index contributed by atoms with van der Waals surface area (Å²) in [6, 6.07) is 18.0. The Labute approximate surface area is 170 Å². The van der Waals surface area contributed by atoms with Crippen molar-refractivity contribution in [3.8, 4) is 11.4 Å². The van der Waals surface area contributed by atoms with Gasteiger partial charge in [0.15, 0.2) is 11.4 Å². The van der Waals surface area contributed by atoms with E-state index in [-0.39, 0.29) is 11.6 Å². The number of para-hydroxylation sites is 1. The molecule has 0 spiro atoms. The van der Waals surface area contributed by atoms with Gasteiger partial charge in [-0.2, -0.15) is 5.10 Å². The van der Waals surface area contributed by atoms with Crippen LogP contribution < -0.4 is 15.4 Å². The van der Waals surface area contributed by atoms with Gasteiger partial charge in [0.25, 0.3) is 5.91 Å². The van der Waals surface area contributed by atoms with Gasteiger partial charge in [0.05, 0.1) is 19.0 Å². The number of amides is 1. The molecule has 150 valence electrons.